The monoisotopic (exact) mass is 233 g/mol. The molecule has 1 aliphatic carbocycles. The van der Waals surface area contributed by atoms with Gasteiger partial charge >= 0.3 is 0 Å². The Morgan fingerprint density at radius 1 is 1.35 bits per heavy atom. The molecule has 0 bridgehead atoms. The fourth-order valence-electron chi connectivity index (χ4n) is 2.69. The van der Waals surface area contributed by atoms with Crippen LogP contribution in [0.5, 0.6) is 5.75 Å². The third-order valence-electron chi connectivity index (χ3n) is 3.82. The van der Waals surface area contributed by atoms with Crippen molar-refractivity contribution < 1.29 is 9.90 Å². The summed E-state index contributed by atoms with van der Waals surface area (Å²) >= 11 is 0. The van der Waals surface area contributed by atoms with E-state index in [0.29, 0.717) is 13.0 Å². The molecule has 0 heterocycles. The molecule has 0 spiro atoms. The van der Waals surface area contributed by atoms with Gasteiger partial charge in [0.2, 0.25) is 0 Å². The van der Waals surface area contributed by atoms with E-state index in [1.54, 1.807) is 18.2 Å². The molecule has 3 heteroatoms. The van der Waals surface area contributed by atoms with Gasteiger partial charge in [0.1, 0.15) is 11.5 Å². The lowest BCUT2D eigenvalue weighted by atomic mass is 9.79. The first-order valence-corrected chi connectivity index (χ1v) is 6.18. The quantitative estimate of drug-likeness (QED) is 0.836. The van der Waals surface area contributed by atoms with Crippen molar-refractivity contribution in [3.05, 3.63) is 29.8 Å². The SMILES string of the molecule is NCC1(C(=O)Cc2cccc(O)c2)CCCC1. The zero-order chi connectivity index (χ0) is 12.3. The molecule has 3 N–H and O–H groups in total. The second-order valence-electron chi connectivity index (χ2n) is 4.96. The lowest BCUT2D eigenvalue weighted by Gasteiger charge is -2.25. The van der Waals surface area contributed by atoms with Crippen LogP contribution in [0.3, 0.4) is 0 Å². The molecule has 2 rings (SSSR count). The standard InChI is InChI=1S/C14H19NO2/c15-10-14(6-1-2-7-14)13(17)9-11-4-3-5-12(16)8-11/h3-5,8,16H,1-2,6-7,9-10,15H2. The number of aromatic hydroxyl groups is 1. The van der Waals surface area contributed by atoms with Gasteiger partial charge in [-0.2, -0.15) is 0 Å². The second-order valence-corrected chi connectivity index (χ2v) is 4.96. The van der Waals surface area contributed by atoms with E-state index in [0.717, 1.165) is 31.2 Å². The molecule has 0 aliphatic heterocycles. The lowest BCUT2D eigenvalue weighted by molar-refractivity contribution is -0.127. The Balaban J connectivity index is 2.10. The molecule has 3 nitrogen and oxygen atoms in total. The minimum absolute atomic E-state index is 0.212. The largest absolute Gasteiger partial charge is 0.508 e. The van der Waals surface area contributed by atoms with Crippen LogP contribution < -0.4 is 5.73 Å². The summed E-state index contributed by atoms with van der Waals surface area (Å²) in [6.45, 7) is 0.449. The van der Waals surface area contributed by atoms with Crippen molar-refractivity contribution >= 4 is 5.78 Å². The highest BCUT2D eigenvalue weighted by atomic mass is 16.3. The Kier molecular flexibility index (Phi) is 3.48. The average molecular weight is 233 g/mol. The summed E-state index contributed by atoms with van der Waals surface area (Å²) in [5.74, 6) is 0.437. The zero-order valence-electron chi connectivity index (χ0n) is 9.98. The molecule has 1 aromatic carbocycles. The second kappa shape index (κ2) is 4.88. The highest BCUT2D eigenvalue weighted by molar-refractivity contribution is 5.87. The number of ketones is 1. The molecular weight excluding hydrogens is 214 g/mol. The van der Waals surface area contributed by atoms with Crippen molar-refractivity contribution in [2.24, 2.45) is 11.1 Å². The van der Waals surface area contributed by atoms with Gasteiger partial charge in [-0.15, -0.1) is 0 Å². The molecule has 0 atom stereocenters. The minimum atomic E-state index is -0.300. The van der Waals surface area contributed by atoms with Crippen molar-refractivity contribution in [3.8, 4) is 5.75 Å². The van der Waals surface area contributed by atoms with Crippen LogP contribution in [0, 0.1) is 5.41 Å². The van der Waals surface area contributed by atoms with Crippen LogP contribution in [0.4, 0.5) is 0 Å². The number of hydrogen-bond donors (Lipinski definition) is 2. The molecule has 0 aromatic heterocycles. The molecule has 1 saturated carbocycles. The molecule has 0 unspecified atom stereocenters. The Bertz CT molecular complexity index is 408. The van der Waals surface area contributed by atoms with Crippen LogP contribution in [0.2, 0.25) is 0 Å². The topological polar surface area (TPSA) is 63.3 Å². The summed E-state index contributed by atoms with van der Waals surface area (Å²) in [6.07, 6.45) is 4.42. The molecule has 1 aliphatic rings. The first-order valence-electron chi connectivity index (χ1n) is 6.18. The first kappa shape index (κ1) is 12.1. The number of hydrogen-bond acceptors (Lipinski definition) is 3. The summed E-state index contributed by atoms with van der Waals surface area (Å²) in [6, 6.07) is 6.90. The van der Waals surface area contributed by atoms with E-state index in [1.165, 1.54) is 0 Å². The smallest absolute Gasteiger partial charge is 0.144 e. The molecule has 0 saturated heterocycles. The molecule has 1 aromatic rings. The normalized spacial score (nSPS) is 18.2. The fraction of sp³-hybridized carbons (Fsp3) is 0.500. The number of phenols is 1. The van der Waals surface area contributed by atoms with Crippen LogP contribution >= 0.6 is 0 Å². The van der Waals surface area contributed by atoms with Crippen LogP contribution in [0.1, 0.15) is 31.2 Å². The van der Waals surface area contributed by atoms with Gasteiger partial charge in [0.15, 0.2) is 0 Å². The van der Waals surface area contributed by atoms with Gasteiger partial charge in [-0.05, 0) is 30.5 Å². The predicted molar refractivity (Wildman–Crippen MR) is 66.8 cm³/mol. The molecule has 0 radical (unpaired) electrons. The summed E-state index contributed by atoms with van der Waals surface area (Å²) < 4.78 is 0. The number of phenolic OH excluding ortho intramolecular Hbond substituents is 1. The third-order valence-corrected chi connectivity index (χ3v) is 3.82. The Morgan fingerprint density at radius 3 is 2.65 bits per heavy atom. The number of Topliss-reactive ketones (excluding diaryl/α,β-unsaturated/α-hetero) is 1. The highest BCUT2D eigenvalue weighted by Crippen LogP contribution is 2.38. The third kappa shape index (κ3) is 2.50. The van der Waals surface area contributed by atoms with Crippen molar-refractivity contribution in [3.63, 3.8) is 0 Å². The van der Waals surface area contributed by atoms with Gasteiger partial charge in [0, 0.05) is 18.4 Å². The number of rotatable bonds is 4. The minimum Gasteiger partial charge on any atom is -0.508 e. The maximum Gasteiger partial charge on any atom is 0.144 e. The predicted octanol–water partition coefficient (Wildman–Crippen LogP) is 2.02. The summed E-state index contributed by atoms with van der Waals surface area (Å²) in [4.78, 5) is 12.3. The summed E-state index contributed by atoms with van der Waals surface area (Å²) in [5, 5.41) is 9.38. The van der Waals surface area contributed by atoms with Crippen LogP contribution in [0.15, 0.2) is 24.3 Å². The van der Waals surface area contributed by atoms with Gasteiger partial charge in [-0.25, -0.2) is 0 Å². The lowest BCUT2D eigenvalue weighted by Crippen LogP contribution is -2.37. The Labute approximate surface area is 102 Å². The van der Waals surface area contributed by atoms with Gasteiger partial charge in [-0.1, -0.05) is 25.0 Å². The maximum absolute atomic E-state index is 12.3. The van der Waals surface area contributed by atoms with E-state index in [4.69, 9.17) is 5.73 Å². The highest BCUT2D eigenvalue weighted by Gasteiger charge is 2.38. The number of benzene rings is 1. The van der Waals surface area contributed by atoms with E-state index in [-0.39, 0.29) is 16.9 Å². The molecule has 1 fully saturated rings. The van der Waals surface area contributed by atoms with Crippen molar-refractivity contribution in [2.75, 3.05) is 6.54 Å². The number of carbonyl (C=O) groups is 1. The molecule has 92 valence electrons. The number of nitrogens with two attached hydrogens (primary N) is 1. The van der Waals surface area contributed by atoms with E-state index >= 15 is 0 Å². The van der Waals surface area contributed by atoms with E-state index < -0.39 is 0 Å². The van der Waals surface area contributed by atoms with Crippen molar-refractivity contribution in [1.29, 1.82) is 0 Å². The number of carbonyl (C=O) groups excluding carboxylic acids is 1. The van der Waals surface area contributed by atoms with E-state index in [2.05, 4.69) is 0 Å². The molecule has 0 amide bonds. The van der Waals surface area contributed by atoms with Gasteiger partial charge < -0.3 is 10.8 Å². The zero-order valence-corrected chi connectivity index (χ0v) is 9.98. The van der Waals surface area contributed by atoms with Crippen LogP contribution in [0.25, 0.3) is 0 Å². The Morgan fingerprint density at radius 2 is 2.06 bits per heavy atom. The fourth-order valence-corrected chi connectivity index (χ4v) is 2.69. The Hall–Kier alpha value is -1.35. The van der Waals surface area contributed by atoms with Gasteiger partial charge in [0.25, 0.3) is 0 Å². The first-order chi connectivity index (χ1) is 8.16. The average Bonchev–Trinajstić information content (AvgIpc) is 2.78. The van der Waals surface area contributed by atoms with Crippen molar-refractivity contribution in [2.45, 2.75) is 32.1 Å². The maximum atomic E-state index is 12.3. The van der Waals surface area contributed by atoms with Gasteiger partial charge in [0.05, 0.1) is 0 Å². The molecule has 17 heavy (non-hydrogen) atoms. The van der Waals surface area contributed by atoms with Crippen LogP contribution in [-0.4, -0.2) is 17.4 Å². The van der Waals surface area contributed by atoms with E-state index in [9.17, 15) is 9.90 Å². The van der Waals surface area contributed by atoms with E-state index in [1.807, 2.05) is 6.07 Å². The van der Waals surface area contributed by atoms with Crippen molar-refractivity contribution in [1.82, 2.24) is 0 Å². The van der Waals surface area contributed by atoms with Gasteiger partial charge in [-0.3, -0.25) is 4.79 Å². The molecular formula is C14H19NO2. The van der Waals surface area contributed by atoms with Crippen LogP contribution in [-0.2, 0) is 11.2 Å². The summed E-state index contributed by atoms with van der Waals surface area (Å²) in [5.41, 5.74) is 6.35. The summed E-state index contributed by atoms with van der Waals surface area (Å²) in [7, 11) is 0.